The number of nitriles is 1. The van der Waals surface area contributed by atoms with E-state index < -0.39 is 12.2 Å². The third-order valence-corrected chi connectivity index (χ3v) is 2.51. The lowest BCUT2D eigenvalue weighted by atomic mass is 10.0. The second-order valence-corrected chi connectivity index (χ2v) is 3.91. The molecule has 3 nitrogen and oxygen atoms in total. The molecule has 1 fully saturated rings. The number of nitrogens with zero attached hydrogens (tertiary/aromatic N) is 2. The van der Waals surface area contributed by atoms with Crippen molar-refractivity contribution in [3.8, 4) is 6.07 Å². The standard InChI is InChI=1S/C10H17FN2O/c1-8(2)10(11)9(7-12)13-3-5-14-6-4-13/h8-10H,3-6H2,1-2H3. The van der Waals surface area contributed by atoms with E-state index in [0.29, 0.717) is 26.3 Å². The molecular formula is C10H17FN2O. The first-order valence-electron chi connectivity index (χ1n) is 5.02. The number of halogens is 1. The summed E-state index contributed by atoms with van der Waals surface area (Å²) in [6.45, 7) is 6.12. The summed E-state index contributed by atoms with van der Waals surface area (Å²) >= 11 is 0. The average molecular weight is 200 g/mol. The lowest BCUT2D eigenvalue weighted by Gasteiger charge is -2.33. The van der Waals surface area contributed by atoms with E-state index in [0.717, 1.165) is 0 Å². The predicted octanol–water partition coefficient (Wildman–Crippen LogP) is 1.20. The first kappa shape index (κ1) is 11.4. The molecule has 80 valence electrons. The van der Waals surface area contributed by atoms with Crippen LogP contribution in [-0.2, 0) is 4.74 Å². The summed E-state index contributed by atoms with van der Waals surface area (Å²) in [7, 11) is 0. The van der Waals surface area contributed by atoms with Crippen LogP contribution in [0.15, 0.2) is 0 Å². The zero-order valence-electron chi connectivity index (χ0n) is 8.74. The van der Waals surface area contributed by atoms with Crippen molar-refractivity contribution in [3.05, 3.63) is 0 Å². The smallest absolute Gasteiger partial charge is 0.131 e. The molecule has 2 atom stereocenters. The van der Waals surface area contributed by atoms with E-state index in [-0.39, 0.29) is 5.92 Å². The Morgan fingerprint density at radius 3 is 2.36 bits per heavy atom. The molecule has 0 spiro atoms. The molecule has 0 N–H and O–H groups in total. The summed E-state index contributed by atoms with van der Waals surface area (Å²) in [5, 5.41) is 8.93. The fourth-order valence-corrected chi connectivity index (χ4v) is 1.57. The number of hydrogen-bond donors (Lipinski definition) is 0. The highest BCUT2D eigenvalue weighted by atomic mass is 19.1. The SMILES string of the molecule is CC(C)C(F)C(C#N)N1CCOCC1. The Hall–Kier alpha value is -0.660. The van der Waals surface area contributed by atoms with Crippen LogP contribution in [0.5, 0.6) is 0 Å². The fraction of sp³-hybridized carbons (Fsp3) is 0.900. The van der Waals surface area contributed by atoms with Gasteiger partial charge in [-0.15, -0.1) is 0 Å². The minimum atomic E-state index is -1.07. The Bertz CT molecular complexity index is 209. The molecule has 0 radical (unpaired) electrons. The first-order chi connectivity index (χ1) is 6.66. The highest BCUT2D eigenvalue weighted by Crippen LogP contribution is 2.16. The van der Waals surface area contributed by atoms with Gasteiger partial charge >= 0.3 is 0 Å². The number of ether oxygens (including phenoxy) is 1. The van der Waals surface area contributed by atoms with Gasteiger partial charge in [0.25, 0.3) is 0 Å². The molecular weight excluding hydrogens is 183 g/mol. The molecule has 1 heterocycles. The first-order valence-corrected chi connectivity index (χ1v) is 5.02. The molecule has 1 saturated heterocycles. The minimum Gasteiger partial charge on any atom is -0.379 e. The predicted molar refractivity (Wildman–Crippen MR) is 51.5 cm³/mol. The van der Waals surface area contributed by atoms with Gasteiger partial charge in [0.15, 0.2) is 0 Å². The van der Waals surface area contributed by atoms with Crippen LogP contribution in [0.3, 0.4) is 0 Å². The molecule has 1 rings (SSSR count). The van der Waals surface area contributed by atoms with E-state index in [4.69, 9.17) is 10.00 Å². The Morgan fingerprint density at radius 1 is 1.36 bits per heavy atom. The summed E-state index contributed by atoms with van der Waals surface area (Å²) in [4.78, 5) is 1.87. The molecule has 0 aliphatic carbocycles. The molecule has 0 aromatic carbocycles. The largest absolute Gasteiger partial charge is 0.379 e. The van der Waals surface area contributed by atoms with Gasteiger partial charge in [-0.05, 0) is 5.92 Å². The zero-order chi connectivity index (χ0) is 10.6. The van der Waals surface area contributed by atoms with E-state index in [1.54, 1.807) is 13.8 Å². The molecule has 1 aliphatic heterocycles. The lowest BCUT2D eigenvalue weighted by molar-refractivity contribution is 0.00479. The second kappa shape index (κ2) is 5.28. The van der Waals surface area contributed by atoms with Crippen LogP contribution < -0.4 is 0 Å². The fourth-order valence-electron chi connectivity index (χ4n) is 1.57. The molecule has 0 aromatic rings. The Kier molecular flexibility index (Phi) is 4.30. The maximum Gasteiger partial charge on any atom is 0.131 e. The van der Waals surface area contributed by atoms with Gasteiger partial charge in [-0.2, -0.15) is 5.26 Å². The van der Waals surface area contributed by atoms with Crippen molar-refractivity contribution in [2.75, 3.05) is 26.3 Å². The van der Waals surface area contributed by atoms with Crippen molar-refractivity contribution >= 4 is 0 Å². The topological polar surface area (TPSA) is 36.3 Å². The van der Waals surface area contributed by atoms with Crippen molar-refractivity contribution in [2.45, 2.75) is 26.1 Å². The number of alkyl halides is 1. The van der Waals surface area contributed by atoms with Crippen molar-refractivity contribution in [1.29, 1.82) is 5.26 Å². The van der Waals surface area contributed by atoms with Gasteiger partial charge in [0.05, 0.1) is 19.3 Å². The molecule has 0 bridgehead atoms. The van der Waals surface area contributed by atoms with E-state index >= 15 is 0 Å². The average Bonchev–Trinajstić information content (AvgIpc) is 2.20. The molecule has 2 unspecified atom stereocenters. The molecule has 0 saturated carbocycles. The molecule has 14 heavy (non-hydrogen) atoms. The summed E-state index contributed by atoms with van der Waals surface area (Å²) in [5.41, 5.74) is 0. The number of morpholine rings is 1. The van der Waals surface area contributed by atoms with E-state index in [1.807, 2.05) is 11.0 Å². The normalized spacial score (nSPS) is 23.1. The van der Waals surface area contributed by atoms with Crippen LogP contribution in [-0.4, -0.2) is 43.4 Å². The third kappa shape index (κ3) is 2.66. The summed E-state index contributed by atoms with van der Waals surface area (Å²) in [6.07, 6.45) is -1.07. The zero-order valence-corrected chi connectivity index (χ0v) is 8.74. The van der Waals surface area contributed by atoms with Gasteiger partial charge in [0.2, 0.25) is 0 Å². The van der Waals surface area contributed by atoms with Crippen LogP contribution in [0.25, 0.3) is 0 Å². The van der Waals surface area contributed by atoms with Crippen molar-refractivity contribution < 1.29 is 9.13 Å². The second-order valence-electron chi connectivity index (χ2n) is 3.91. The van der Waals surface area contributed by atoms with Gasteiger partial charge in [-0.1, -0.05) is 13.8 Å². The molecule has 1 aliphatic rings. The Morgan fingerprint density at radius 2 is 1.93 bits per heavy atom. The van der Waals surface area contributed by atoms with Crippen molar-refractivity contribution in [2.24, 2.45) is 5.92 Å². The number of rotatable bonds is 3. The van der Waals surface area contributed by atoms with Crippen molar-refractivity contribution in [3.63, 3.8) is 0 Å². The maximum atomic E-state index is 13.7. The Labute approximate surface area is 84.4 Å². The third-order valence-electron chi connectivity index (χ3n) is 2.51. The van der Waals surface area contributed by atoms with Crippen LogP contribution in [0, 0.1) is 17.2 Å². The molecule has 0 aromatic heterocycles. The van der Waals surface area contributed by atoms with E-state index in [1.165, 1.54) is 0 Å². The van der Waals surface area contributed by atoms with Gasteiger partial charge in [-0.25, -0.2) is 4.39 Å². The highest BCUT2D eigenvalue weighted by Gasteiger charge is 2.30. The van der Waals surface area contributed by atoms with E-state index in [9.17, 15) is 4.39 Å². The minimum absolute atomic E-state index is 0.109. The Balaban J connectivity index is 2.56. The summed E-state index contributed by atoms with van der Waals surface area (Å²) in [5.74, 6) is -0.109. The van der Waals surface area contributed by atoms with Crippen LogP contribution in [0.2, 0.25) is 0 Å². The van der Waals surface area contributed by atoms with Crippen LogP contribution in [0.4, 0.5) is 4.39 Å². The van der Waals surface area contributed by atoms with Crippen LogP contribution in [0.1, 0.15) is 13.8 Å². The molecule has 4 heteroatoms. The monoisotopic (exact) mass is 200 g/mol. The van der Waals surface area contributed by atoms with Gasteiger partial charge in [-0.3, -0.25) is 4.90 Å². The van der Waals surface area contributed by atoms with Gasteiger partial charge < -0.3 is 4.74 Å². The van der Waals surface area contributed by atoms with Gasteiger partial charge in [0.1, 0.15) is 12.2 Å². The number of hydrogen-bond acceptors (Lipinski definition) is 3. The molecule has 0 amide bonds. The summed E-state index contributed by atoms with van der Waals surface area (Å²) in [6, 6.07) is 1.44. The quantitative estimate of drug-likeness (QED) is 0.687. The van der Waals surface area contributed by atoms with Gasteiger partial charge in [0, 0.05) is 13.1 Å². The maximum absolute atomic E-state index is 13.7. The van der Waals surface area contributed by atoms with Crippen molar-refractivity contribution in [1.82, 2.24) is 4.90 Å². The van der Waals surface area contributed by atoms with Crippen LogP contribution >= 0.6 is 0 Å². The highest BCUT2D eigenvalue weighted by molar-refractivity contribution is 4.98. The summed E-state index contributed by atoms with van der Waals surface area (Å²) < 4.78 is 18.8. The van der Waals surface area contributed by atoms with E-state index in [2.05, 4.69) is 0 Å². The lowest BCUT2D eigenvalue weighted by Crippen LogP contribution is -2.48.